The molecule has 30 heavy (non-hydrogen) atoms. The fourth-order valence-corrected chi connectivity index (χ4v) is 3.63. The van der Waals surface area contributed by atoms with E-state index in [1.54, 1.807) is 11.8 Å². The lowest BCUT2D eigenvalue weighted by Gasteiger charge is -2.18. The molecule has 1 aliphatic heterocycles. The lowest BCUT2D eigenvalue weighted by atomic mass is 10.1. The maximum absolute atomic E-state index is 12.4. The predicted molar refractivity (Wildman–Crippen MR) is 122 cm³/mol. The molecule has 0 saturated carbocycles. The number of hydrogen-bond donors (Lipinski definition) is 5. The molecule has 0 fully saturated rings. The van der Waals surface area contributed by atoms with Crippen LogP contribution in [0.25, 0.3) is 0 Å². The fraction of sp³-hybridized carbons (Fsp3) is 0.571. The van der Waals surface area contributed by atoms with Gasteiger partial charge in [-0.15, -0.1) is 0 Å². The minimum Gasteiger partial charge on any atom is -0.343 e. The van der Waals surface area contributed by atoms with Crippen LogP contribution in [0.1, 0.15) is 59.3 Å². The van der Waals surface area contributed by atoms with E-state index in [1.165, 1.54) is 11.1 Å². The fourth-order valence-electron chi connectivity index (χ4n) is 2.70. The van der Waals surface area contributed by atoms with Crippen molar-refractivity contribution in [2.75, 3.05) is 11.5 Å². The number of rotatable bonds is 10. The smallest absolute Gasteiger partial charge is 0.261 e. The van der Waals surface area contributed by atoms with Crippen molar-refractivity contribution in [1.29, 1.82) is 0 Å². The first-order chi connectivity index (χ1) is 14.3. The van der Waals surface area contributed by atoms with Crippen LogP contribution in [0.15, 0.2) is 35.1 Å². The lowest BCUT2D eigenvalue weighted by Crippen LogP contribution is -2.51. The molecular weight excluding hydrogens is 402 g/mol. The molecular formula is C21H35N5O3S. The Morgan fingerprint density at radius 1 is 1.13 bits per heavy atom. The monoisotopic (exact) mass is 437 g/mol. The summed E-state index contributed by atoms with van der Waals surface area (Å²) >= 11 is 1.57. The van der Waals surface area contributed by atoms with Gasteiger partial charge in [-0.2, -0.15) is 11.8 Å². The van der Waals surface area contributed by atoms with Gasteiger partial charge in [0.05, 0.1) is 0 Å². The van der Waals surface area contributed by atoms with Gasteiger partial charge in [0.1, 0.15) is 6.04 Å². The van der Waals surface area contributed by atoms with Gasteiger partial charge in [-0.3, -0.25) is 25.2 Å². The average Bonchev–Trinajstić information content (AvgIpc) is 2.78. The first-order valence-electron chi connectivity index (χ1n) is 10.2. The van der Waals surface area contributed by atoms with Gasteiger partial charge in [0, 0.05) is 30.0 Å². The number of hydrogen-bond acceptors (Lipinski definition) is 6. The van der Waals surface area contributed by atoms with Crippen molar-refractivity contribution in [2.45, 2.75) is 65.3 Å². The van der Waals surface area contributed by atoms with Crippen LogP contribution in [0.3, 0.4) is 0 Å². The topological polar surface area (TPSA) is 125 Å². The largest absolute Gasteiger partial charge is 0.343 e. The van der Waals surface area contributed by atoms with Gasteiger partial charge in [-0.1, -0.05) is 29.4 Å². The van der Waals surface area contributed by atoms with Gasteiger partial charge in [0.25, 0.3) is 5.91 Å². The molecule has 0 saturated heterocycles. The molecule has 168 valence electrons. The predicted octanol–water partition coefficient (Wildman–Crippen LogP) is 1.97. The summed E-state index contributed by atoms with van der Waals surface area (Å²) in [5.41, 5.74) is 11.3. The number of allylic oxidation sites excluding steroid dienone is 5. The minimum absolute atomic E-state index is 0.0188. The van der Waals surface area contributed by atoms with E-state index in [4.69, 9.17) is 5.84 Å². The number of thioether (sulfide) groups is 1. The third-order valence-corrected chi connectivity index (χ3v) is 5.44. The van der Waals surface area contributed by atoms with Crippen molar-refractivity contribution in [3.8, 4) is 0 Å². The van der Waals surface area contributed by atoms with Crippen LogP contribution in [0.4, 0.5) is 0 Å². The normalized spacial score (nSPS) is 19.1. The van der Waals surface area contributed by atoms with Gasteiger partial charge in [-0.05, 0) is 46.5 Å². The number of carbonyl (C=O) groups is 3. The number of amides is 3. The summed E-state index contributed by atoms with van der Waals surface area (Å²) in [6, 6.07) is -0.666. The second kappa shape index (κ2) is 14.7. The molecule has 0 radical (unpaired) electrons. The van der Waals surface area contributed by atoms with E-state index in [-0.39, 0.29) is 24.7 Å². The third-order valence-electron chi connectivity index (χ3n) is 4.47. The SMILES string of the molecule is CC(C)=CCC/C(C)=C/CC/C1=C/CSC[C@H](NC(=O)CCC(=O)NN)C(=O)NN1. The molecule has 0 spiro atoms. The second-order valence-electron chi connectivity index (χ2n) is 7.48. The number of nitrogens with two attached hydrogens (primary N) is 1. The second-order valence-corrected chi connectivity index (χ2v) is 8.55. The van der Waals surface area contributed by atoms with E-state index < -0.39 is 11.9 Å². The summed E-state index contributed by atoms with van der Waals surface area (Å²) in [7, 11) is 0. The van der Waals surface area contributed by atoms with Crippen molar-refractivity contribution in [2.24, 2.45) is 5.84 Å². The van der Waals surface area contributed by atoms with Crippen molar-refractivity contribution >= 4 is 29.5 Å². The maximum Gasteiger partial charge on any atom is 0.261 e. The van der Waals surface area contributed by atoms with Crippen LogP contribution in [-0.4, -0.2) is 35.3 Å². The molecule has 9 heteroatoms. The molecule has 1 heterocycles. The molecule has 0 bridgehead atoms. The van der Waals surface area contributed by atoms with Gasteiger partial charge < -0.3 is 10.7 Å². The molecule has 0 aromatic heterocycles. The van der Waals surface area contributed by atoms with E-state index in [2.05, 4.69) is 55.2 Å². The van der Waals surface area contributed by atoms with Crippen LogP contribution >= 0.6 is 11.8 Å². The Morgan fingerprint density at radius 3 is 2.57 bits per heavy atom. The van der Waals surface area contributed by atoms with Crippen LogP contribution in [-0.2, 0) is 14.4 Å². The number of hydrazine groups is 2. The summed E-state index contributed by atoms with van der Waals surface area (Å²) in [6.45, 7) is 6.36. The Hall–Kier alpha value is -2.26. The number of nitrogens with one attached hydrogen (secondary N) is 4. The lowest BCUT2D eigenvalue weighted by molar-refractivity contribution is -0.130. The van der Waals surface area contributed by atoms with E-state index in [0.717, 1.165) is 37.1 Å². The first kappa shape index (κ1) is 25.8. The quantitative estimate of drug-likeness (QED) is 0.154. The molecule has 1 rings (SSSR count). The van der Waals surface area contributed by atoms with Crippen molar-refractivity contribution < 1.29 is 14.4 Å². The van der Waals surface area contributed by atoms with Crippen molar-refractivity contribution in [3.63, 3.8) is 0 Å². The third kappa shape index (κ3) is 11.7. The zero-order valence-electron chi connectivity index (χ0n) is 18.2. The Labute approximate surface area is 183 Å². The average molecular weight is 438 g/mol. The molecule has 1 atom stereocenters. The van der Waals surface area contributed by atoms with Crippen LogP contribution < -0.4 is 27.4 Å². The van der Waals surface area contributed by atoms with E-state index in [9.17, 15) is 14.4 Å². The highest BCUT2D eigenvalue weighted by atomic mass is 32.2. The minimum atomic E-state index is -0.666. The maximum atomic E-state index is 12.4. The summed E-state index contributed by atoms with van der Waals surface area (Å²) < 4.78 is 0. The van der Waals surface area contributed by atoms with Crippen molar-refractivity contribution in [1.82, 2.24) is 21.6 Å². The molecule has 0 unspecified atom stereocenters. The van der Waals surface area contributed by atoms with Crippen LogP contribution in [0, 0.1) is 0 Å². The van der Waals surface area contributed by atoms with Crippen molar-refractivity contribution in [3.05, 3.63) is 35.1 Å². The highest BCUT2D eigenvalue weighted by Gasteiger charge is 2.22. The van der Waals surface area contributed by atoms with Gasteiger partial charge in [0.2, 0.25) is 11.8 Å². The Kier molecular flexibility index (Phi) is 12.6. The molecule has 6 N–H and O–H groups in total. The van der Waals surface area contributed by atoms with Gasteiger partial charge in [-0.25, -0.2) is 5.84 Å². The summed E-state index contributed by atoms with van der Waals surface area (Å²) in [4.78, 5) is 35.5. The molecule has 8 nitrogen and oxygen atoms in total. The molecule has 0 aliphatic carbocycles. The Bertz CT molecular complexity index is 684. The van der Waals surface area contributed by atoms with Crippen LogP contribution in [0.2, 0.25) is 0 Å². The molecule has 0 aromatic carbocycles. The summed E-state index contributed by atoms with van der Waals surface area (Å²) in [5.74, 6) is 5.10. The zero-order valence-corrected chi connectivity index (χ0v) is 19.0. The molecule has 0 aromatic rings. The summed E-state index contributed by atoms with van der Waals surface area (Å²) in [5, 5.41) is 2.67. The Balaban J connectivity index is 2.45. The summed E-state index contributed by atoms with van der Waals surface area (Å²) in [6.07, 6.45) is 10.3. The standard InChI is InChI=1S/C21H35N5O3S/c1-15(2)6-4-7-16(3)8-5-9-17-12-13-30-14-18(21(29)26-25-17)23-19(27)10-11-20(28)24-22/h6,8,12,18,25H,4-5,7,9-11,13-14,22H2,1-3H3,(H,23,27)(H,24,28)(H,26,29)/b16-8+,17-12-/t18-/m0/s1. The number of carbonyl (C=O) groups excluding carboxylic acids is 3. The van der Waals surface area contributed by atoms with Gasteiger partial charge >= 0.3 is 0 Å². The highest BCUT2D eigenvalue weighted by Crippen LogP contribution is 2.13. The van der Waals surface area contributed by atoms with Crippen LogP contribution in [0.5, 0.6) is 0 Å². The van der Waals surface area contributed by atoms with E-state index in [1.807, 2.05) is 5.43 Å². The molecule has 3 amide bonds. The van der Waals surface area contributed by atoms with E-state index >= 15 is 0 Å². The zero-order chi connectivity index (χ0) is 22.4. The Morgan fingerprint density at radius 2 is 1.87 bits per heavy atom. The highest BCUT2D eigenvalue weighted by molar-refractivity contribution is 7.99. The molecule has 1 aliphatic rings. The van der Waals surface area contributed by atoms with Gasteiger partial charge in [0.15, 0.2) is 0 Å². The first-order valence-corrected chi connectivity index (χ1v) is 11.4. The van der Waals surface area contributed by atoms with E-state index in [0.29, 0.717) is 5.75 Å².